The SMILES string of the molecule is Cc1cc(-n2cc(CNCC(C)C)nn2)ccc1F. The lowest BCUT2D eigenvalue weighted by Gasteiger charge is -2.04. The number of aromatic nitrogens is 3. The Hall–Kier alpha value is -1.75. The molecule has 1 aromatic carbocycles. The van der Waals surface area contributed by atoms with E-state index in [1.54, 1.807) is 23.7 Å². The molecule has 4 nitrogen and oxygen atoms in total. The van der Waals surface area contributed by atoms with Crippen LogP contribution in [0.25, 0.3) is 5.69 Å². The number of nitrogens with one attached hydrogen (secondary N) is 1. The van der Waals surface area contributed by atoms with Crippen molar-refractivity contribution in [2.45, 2.75) is 27.3 Å². The van der Waals surface area contributed by atoms with Gasteiger partial charge in [0.05, 0.1) is 17.6 Å². The predicted octanol–water partition coefficient (Wildman–Crippen LogP) is 2.46. The third-order valence-corrected chi connectivity index (χ3v) is 2.81. The molecule has 1 heterocycles. The second-order valence-corrected chi connectivity index (χ2v) is 5.11. The molecule has 0 aliphatic heterocycles. The zero-order valence-electron chi connectivity index (χ0n) is 11.5. The molecule has 0 unspecified atom stereocenters. The number of nitrogens with zero attached hydrogens (tertiary/aromatic N) is 3. The minimum Gasteiger partial charge on any atom is -0.311 e. The largest absolute Gasteiger partial charge is 0.311 e. The predicted molar refractivity (Wildman–Crippen MR) is 72.6 cm³/mol. The smallest absolute Gasteiger partial charge is 0.126 e. The van der Waals surface area contributed by atoms with Crippen LogP contribution in [0.2, 0.25) is 0 Å². The highest BCUT2D eigenvalue weighted by atomic mass is 19.1. The fraction of sp³-hybridized carbons (Fsp3) is 0.429. The summed E-state index contributed by atoms with van der Waals surface area (Å²) in [4.78, 5) is 0. The van der Waals surface area contributed by atoms with Crippen molar-refractivity contribution in [2.75, 3.05) is 6.54 Å². The first kappa shape index (κ1) is 13.7. The number of hydrogen-bond donors (Lipinski definition) is 1. The van der Waals surface area contributed by atoms with Crippen LogP contribution in [0.4, 0.5) is 4.39 Å². The van der Waals surface area contributed by atoms with Crippen LogP contribution in [0.5, 0.6) is 0 Å². The summed E-state index contributed by atoms with van der Waals surface area (Å²) in [5, 5.41) is 11.5. The van der Waals surface area contributed by atoms with Gasteiger partial charge in [0.2, 0.25) is 0 Å². The van der Waals surface area contributed by atoms with E-state index >= 15 is 0 Å². The number of benzene rings is 1. The Kier molecular flexibility index (Phi) is 4.27. The third kappa shape index (κ3) is 3.61. The van der Waals surface area contributed by atoms with Gasteiger partial charge in [0.1, 0.15) is 5.82 Å². The van der Waals surface area contributed by atoms with E-state index in [-0.39, 0.29) is 5.82 Å². The Morgan fingerprint density at radius 2 is 2.16 bits per heavy atom. The van der Waals surface area contributed by atoms with E-state index in [4.69, 9.17) is 0 Å². The van der Waals surface area contributed by atoms with Gasteiger partial charge in [-0.3, -0.25) is 0 Å². The number of halogens is 1. The Morgan fingerprint density at radius 3 is 2.84 bits per heavy atom. The van der Waals surface area contributed by atoms with Crippen molar-refractivity contribution in [3.05, 3.63) is 41.5 Å². The van der Waals surface area contributed by atoms with E-state index in [1.165, 1.54) is 6.07 Å². The van der Waals surface area contributed by atoms with E-state index < -0.39 is 0 Å². The first-order chi connectivity index (χ1) is 9.06. The van der Waals surface area contributed by atoms with Crippen LogP contribution < -0.4 is 5.32 Å². The average Bonchev–Trinajstić information content (AvgIpc) is 2.81. The molecule has 0 atom stereocenters. The molecule has 0 saturated heterocycles. The molecular formula is C14H19FN4. The number of aryl methyl sites for hydroxylation is 1. The summed E-state index contributed by atoms with van der Waals surface area (Å²) >= 11 is 0. The van der Waals surface area contributed by atoms with Gasteiger partial charge in [-0.25, -0.2) is 9.07 Å². The van der Waals surface area contributed by atoms with Gasteiger partial charge in [-0.05, 0) is 43.1 Å². The van der Waals surface area contributed by atoms with E-state index in [0.717, 1.165) is 17.9 Å². The zero-order chi connectivity index (χ0) is 13.8. The summed E-state index contributed by atoms with van der Waals surface area (Å²) < 4.78 is 14.9. The molecule has 0 fully saturated rings. The first-order valence-electron chi connectivity index (χ1n) is 6.44. The van der Waals surface area contributed by atoms with Crippen LogP contribution in [0, 0.1) is 18.7 Å². The van der Waals surface area contributed by atoms with Crippen LogP contribution in [-0.2, 0) is 6.54 Å². The van der Waals surface area contributed by atoms with Gasteiger partial charge in [-0.2, -0.15) is 0 Å². The molecule has 102 valence electrons. The van der Waals surface area contributed by atoms with Crippen LogP contribution in [0.15, 0.2) is 24.4 Å². The maximum Gasteiger partial charge on any atom is 0.126 e. The first-order valence-corrected chi connectivity index (χ1v) is 6.44. The summed E-state index contributed by atoms with van der Waals surface area (Å²) in [5.74, 6) is 0.400. The minimum absolute atomic E-state index is 0.206. The van der Waals surface area contributed by atoms with E-state index in [1.807, 2.05) is 6.20 Å². The van der Waals surface area contributed by atoms with Gasteiger partial charge >= 0.3 is 0 Å². The van der Waals surface area contributed by atoms with Crippen molar-refractivity contribution in [3.8, 4) is 5.69 Å². The van der Waals surface area contributed by atoms with Crippen LogP contribution in [-0.4, -0.2) is 21.5 Å². The van der Waals surface area contributed by atoms with Crippen molar-refractivity contribution in [2.24, 2.45) is 5.92 Å². The molecule has 0 amide bonds. The molecule has 0 spiro atoms. The average molecular weight is 262 g/mol. The monoisotopic (exact) mass is 262 g/mol. The summed E-state index contributed by atoms with van der Waals surface area (Å²) in [6, 6.07) is 4.90. The normalized spacial score (nSPS) is 11.2. The molecule has 0 radical (unpaired) electrons. The van der Waals surface area contributed by atoms with Crippen molar-refractivity contribution in [1.29, 1.82) is 0 Å². The molecule has 1 aromatic heterocycles. The lowest BCUT2D eigenvalue weighted by Crippen LogP contribution is -2.19. The molecule has 1 N–H and O–H groups in total. The van der Waals surface area contributed by atoms with Gasteiger partial charge in [-0.15, -0.1) is 5.10 Å². The zero-order valence-corrected chi connectivity index (χ0v) is 11.5. The highest BCUT2D eigenvalue weighted by Crippen LogP contribution is 2.12. The summed E-state index contributed by atoms with van der Waals surface area (Å²) in [7, 11) is 0. The summed E-state index contributed by atoms with van der Waals surface area (Å²) in [6.45, 7) is 7.69. The molecular weight excluding hydrogens is 243 g/mol. The maximum atomic E-state index is 13.2. The number of rotatable bonds is 5. The molecule has 0 saturated carbocycles. The van der Waals surface area contributed by atoms with Crippen molar-refractivity contribution < 1.29 is 4.39 Å². The van der Waals surface area contributed by atoms with E-state index in [0.29, 0.717) is 18.0 Å². The Balaban J connectivity index is 2.05. The van der Waals surface area contributed by atoms with Gasteiger partial charge in [-0.1, -0.05) is 19.1 Å². The van der Waals surface area contributed by atoms with Crippen LogP contribution in [0.1, 0.15) is 25.1 Å². The van der Waals surface area contributed by atoms with Crippen molar-refractivity contribution in [1.82, 2.24) is 20.3 Å². The van der Waals surface area contributed by atoms with Crippen molar-refractivity contribution in [3.63, 3.8) is 0 Å². The summed E-state index contributed by atoms with van der Waals surface area (Å²) in [5.41, 5.74) is 2.30. The van der Waals surface area contributed by atoms with Gasteiger partial charge in [0, 0.05) is 6.54 Å². The van der Waals surface area contributed by atoms with Crippen molar-refractivity contribution >= 4 is 0 Å². The van der Waals surface area contributed by atoms with E-state index in [9.17, 15) is 4.39 Å². The second kappa shape index (κ2) is 5.93. The Bertz CT molecular complexity index is 548. The van der Waals surface area contributed by atoms with Crippen LogP contribution >= 0.6 is 0 Å². The fourth-order valence-electron chi connectivity index (χ4n) is 1.77. The van der Waals surface area contributed by atoms with Crippen LogP contribution in [0.3, 0.4) is 0 Å². The quantitative estimate of drug-likeness (QED) is 0.900. The molecule has 0 aliphatic rings. The summed E-state index contributed by atoms with van der Waals surface area (Å²) in [6.07, 6.45) is 1.86. The highest BCUT2D eigenvalue weighted by Gasteiger charge is 2.05. The molecule has 2 aromatic rings. The third-order valence-electron chi connectivity index (χ3n) is 2.81. The molecule has 19 heavy (non-hydrogen) atoms. The Labute approximate surface area is 112 Å². The fourth-order valence-corrected chi connectivity index (χ4v) is 1.77. The highest BCUT2D eigenvalue weighted by molar-refractivity contribution is 5.35. The lowest BCUT2D eigenvalue weighted by atomic mass is 10.2. The van der Waals surface area contributed by atoms with Gasteiger partial charge < -0.3 is 5.32 Å². The van der Waals surface area contributed by atoms with Gasteiger partial charge in [0.25, 0.3) is 0 Å². The molecule has 0 aliphatic carbocycles. The van der Waals surface area contributed by atoms with E-state index in [2.05, 4.69) is 29.5 Å². The number of hydrogen-bond acceptors (Lipinski definition) is 3. The lowest BCUT2D eigenvalue weighted by molar-refractivity contribution is 0.548. The maximum absolute atomic E-state index is 13.2. The topological polar surface area (TPSA) is 42.7 Å². The second-order valence-electron chi connectivity index (χ2n) is 5.11. The molecule has 5 heteroatoms. The van der Waals surface area contributed by atoms with Gasteiger partial charge in [0.15, 0.2) is 0 Å². The minimum atomic E-state index is -0.206. The molecule has 2 rings (SSSR count). The molecule has 0 bridgehead atoms. The standard InChI is InChI=1S/C14H19FN4/c1-10(2)7-16-8-12-9-19(18-17-12)13-4-5-14(15)11(3)6-13/h4-6,9-10,16H,7-8H2,1-3H3. The Morgan fingerprint density at radius 1 is 1.37 bits per heavy atom.